The van der Waals surface area contributed by atoms with Gasteiger partial charge in [0.25, 0.3) is 0 Å². The van der Waals surface area contributed by atoms with E-state index in [9.17, 15) is 0 Å². The summed E-state index contributed by atoms with van der Waals surface area (Å²) >= 11 is 0. The molecule has 1 aromatic rings. The Labute approximate surface area is 133 Å². The van der Waals surface area contributed by atoms with E-state index >= 15 is 0 Å². The quantitative estimate of drug-likeness (QED) is 0.391. The SMILES string of the molecule is CN=C(NCCOCCC(C)C)NCCOc1cccnc1. The minimum absolute atomic E-state index is 0.553. The van der Waals surface area contributed by atoms with Gasteiger partial charge in [-0.15, -0.1) is 0 Å². The summed E-state index contributed by atoms with van der Waals surface area (Å²) in [7, 11) is 1.75. The standard InChI is InChI=1S/C16H28N4O2/c1-14(2)6-10-21-11-8-19-16(17-3)20-9-12-22-15-5-4-7-18-13-15/h4-5,7,13-14H,6,8-12H2,1-3H3,(H2,17,19,20). The van der Waals surface area contributed by atoms with Crippen molar-refractivity contribution in [3.63, 3.8) is 0 Å². The van der Waals surface area contributed by atoms with Crippen molar-refractivity contribution in [3.8, 4) is 5.75 Å². The minimum atomic E-state index is 0.553. The van der Waals surface area contributed by atoms with Gasteiger partial charge in [-0.2, -0.15) is 0 Å². The first-order valence-electron chi connectivity index (χ1n) is 7.77. The highest BCUT2D eigenvalue weighted by Crippen LogP contribution is 2.04. The lowest BCUT2D eigenvalue weighted by atomic mass is 10.1. The zero-order valence-electron chi connectivity index (χ0n) is 13.8. The topological polar surface area (TPSA) is 67.8 Å². The molecule has 0 radical (unpaired) electrons. The molecular weight excluding hydrogens is 280 g/mol. The second kappa shape index (κ2) is 11.8. The van der Waals surface area contributed by atoms with Crippen LogP contribution in [0, 0.1) is 5.92 Å². The van der Waals surface area contributed by atoms with Gasteiger partial charge in [0.2, 0.25) is 0 Å². The number of aliphatic imine (C=N–C) groups is 1. The van der Waals surface area contributed by atoms with Crippen LogP contribution >= 0.6 is 0 Å². The van der Waals surface area contributed by atoms with Crippen LogP contribution in [0.4, 0.5) is 0 Å². The maximum atomic E-state index is 5.55. The average molecular weight is 308 g/mol. The van der Waals surface area contributed by atoms with E-state index in [-0.39, 0.29) is 0 Å². The fourth-order valence-corrected chi connectivity index (χ4v) is 1.65. The van der Waals surface area contributed by atoms with E-state index < -0.39 is 0 Å². The Morgan fingerprint density at radius 3 is 2.64 bits per heavy atom. The average Bonchev–Trinajstić information content (AvgIpc) is 2.53. The van der Waals surface area contributed by atoms with Gasteiger partial charge < -0.3 is 20.1 Å². The maximum absolute atomic E-state index is 5.55. The second-order valence-corrected chi connectivity index (χ2v) is 5.26. The van der Waals surface area contributed by atoms with Gasteiger partial charge in [0, 0.05) is 26.4 Å². The number of aromatic nitrogens is 1. The summed E-state index contributed by atoms with van der Waals surface area (Å²) in [5, 5.41) is 6.39. The molecule has 1 aromatic heterocycles. The maximum Gasteiger partial charge on any atom is 0.191 e. The fraction of sp³-hybridized carbons (Fsp3) is 0.625. The van der Waals surface area contributed by atoms with Gasteiger partial charge in [-0.25, -0.2) is 0 Å². The number of nitrogens with one attached hydrogen (secondary N) is 2. The summed E-state index contributed by atoms with van der Waals surface area (Å²) < 4.78 is 11.1. The first kappa shape index (κ1) is 18.2. The van der Waals surface area contributed by atoms with Crippen molar-refractivity contribution < 1.29 is 9.47 Å². The predicted molar refractivity (Wildman–Crippen MR) is 89.4 cm³/mol. The summed E-state index contributed by atoms with van der Waals surface area (Å²) in [6, 6.07) is 3.73. The molecular formula is C16H28N4O2. The van der Waals surface area contributed by atoms with Crippen molar-refractivity contribution in [2.75, 3.05) is 40.0 Å². The summed E-state index contributed by atoms with van der Waals surface area (Å²) in [4.78, 5) is 8.14. The van der Waals surface area contributed by atoms with Crippen LogP contribution in [-0.4, -0.2) is 50.9 Å². The molecule has 124 valence electrons. The lowest BCUT2D eigenvalue weighted by Crippen LogP contribution is -2.40. The lowest BCUT2D eigenvalue weighted by molar-refractivity contribution is 0.128. The largest absolute Gasteiger partial charge is 0.490 e. The molecule has 1 rings (SSSR count). The number of hydrogen-bond acceptors (Lipinski definition) is 4. The number of guanidine groups is 1. The van der Waals surface area contributed by atoms with Crippen LogP contribution in [0.25, 0.3) is 0 Å². The van der Waals surface area contributed by atoms with Crippen molar-refractivity contribution in [1.29, 1.82) is 0 Å². The number of ether oxygens (including phenoxy) is 2. The van der Waals surface area contributed by atoms with E-state index in [0.717, 1.165) is 31.3 Å². The van der Waals surface area contributed by atoms with Gasteiger partial charge in [-0.1, -0.05) is 13.8 Å². The van der Waals surface area contributed by atoms with Crippen LogP contribution in [0.1, 0.15) is 20.3 Å². The minimum Gasteiger partial charge on any atom is -0.490 e. The zero-order chi connectivity index (χ0) is 16.0. The van der Waals surface area contributed by atoms with Gasteiger partial charge in [0.05, 0.1) is 19.3 Å². The molecule has 0 aliphatic heterocycles. The molecule has 2 N–H and O–H groups in total. The Balaban J connectivity index is 2.03. The van der Waals surface area contributed by atoms with Crippen molar-refractivity contribution in [2.45, 2.75) is 20.3 Å². The summed E-state index contributed by atoms with van der Waals surface area (Å²) in [6.45, 7) is 7.84. The first-order valence-corrected chi connectivity index (χ1v) is 7.77. The normalized spacial score (nSPS) is 11.5. The molecule has 0 aliphatic carbocycles. The number of pyridine rings is 1. The van der Waals surface area contributed by atoms with Gasteiger partial charge in [-0.3, -0.25) is 9.98 Å². The molecule has 0 fully saturated rings. The number of nitrogens with zero attached hydrogens (tertiary/aromatic N) is 2. The number of hydrogen-bond donors (Lipinski definition) is 2. The smallest absolute Gasteiger partial charge is 0.191 e. The molecule has 0 aromatic carbocycles. The van der Waals surface area contributed by atoms with Crippen LogP contribution in [0.2, 0.25) is 0 Å². The molecule has 0 atom stereocenters. The van der Waals surface area contributed by atoms with Crippen molar-refractivity contribution >= 4 is 5.96 Å². The lowest BCUT2D eigenvalue weighted by Gasteiger charge is -2.13. The van der Waals surface area contributed by atoms with Crippen LogP contribution in [0.5, 0.6) is 5.75 Å². The highest BCUT2D eigenvalue weighted by Gasteiger charge is 1.98. The molecule has 0 amide bonds. The summed E-state index contributed by atoms with van der Waals surface area (Å²) in [5.41, 5.74) is 0. The van der Waals surface area contributed by atoms with E-state index in [1.807, 2.05) is 12.1 Å². The Hall–Kier alpha value is -1.82. The molecule has 6 heteroatoms. The highest BCUT2D eigenvalue weighted by atomic mass is 16.5. The Morgan fingerprint density at radius 1 is 1.23 bits per heavy atom. The van der Waals surface area contributed by atoms with Gasteiger partial charge in [0.15, 0.2) is 5.96 Å². The van der Waals surface area contributed by atoms with E-state index in [1.54, 1.807) is 19.4 Å². The second-order valence-electron chi connectivity index (χ2n) is 5.26. The van der Waals surface area contributed by atoms with E-state index in [0.29, 0.717) is 25.7 Å². The third kappa shape index (κ3) is 9.18. The monoisotopic (exact) mass is 308 g/mol. The van der Waals surface area contributed by atoms with Crippen LogP contribution in [-0.2, 0) is 4.74 Å². The molecule has 0 bridgehead atoms. The third-order valence-electron chi connectivity index (χ3n) is 2.90. The fourth-order valence-electron chi connectivity index (χ4n) is 1.65. The van der Waals surface area contributed by atoms with E-state index in [2.05, 4.69) is 34.5 Å². The molecule has 1 heterocycles. The van der Waals surface area contributed by atoms with Crippen molar-refractivity contribution in [2.24, 2.45) is 10.9 Å². The Morgan fingerprint density at radius 2 is 2.00 bits per heavy atom. The summed E-state index contributed by atoms with van der Waals surface area (Å²) in [5.74, 6) is 2.20. The third-order valence-corrected chi connectivity index (χ3v) is 2.90. The molecule has 0 saturated carbocycles. The van der Waals surface area contributed by atoms with Crippen molar-refractivity contribution in [3.05, 3.63) is 24.5 Å². The van der Waals surface area contributed by atoms with Crippen LogP contribution in [0.15, 0.2) is 29.5 Å². The van der Waals surface area contributed by atoms with E-state index in [1.165, 1.54) is 0 Å². The highest BCUT2D eigenvalue weighted by molar-refractivity contribution is 5.79. The predicted octanol–water partition coefficient (Wildman–Crippen LogP) is 1.69. The summed E-state index contributed by atoms with van der Waals surface area (Å²) in [6.07, 6.45) is 4.51. The van der Waals surface area contributed by atoms with Crippen molar-refractivity contribution in [1.82, 2.24) is 15.6 Å². The van der Waals surface area contributed by atoms with Gasteiger partial charge >= 0.3 is 0 Å². The van der Waals surface area contributed by atoms with Crippen LogP contribution in [0.3, 0.4) is 0 Å². The molecule has 0 spiro atoms. The first-order chi connectivity index (χ1) is 10.7. The Bertz CT molecular complexity index is 410. The molecule has 0 aliphatic rings. The Kier molecular flexibility index (Phi) is 9.78. The van der Waals surface area contributed by atoms with E-state index in [4.69, 9.17) is 9.47 Å². The molecule has 0 unspecified atom stereocenters. The number of rotatable bonds is 10. The van der Waals surface area contributed by atoms with Gasteiger partial charge in [0.1, 0.15) is 12.4 Å². The molecule has 0 saturated heterocycles. The van der Waals surface area contributed by atoms with Crippen LogP contribution < -0.4 is 15.4 Å². The molecule has 22 heavy (non-hydrogen) atoms. The van der Waals surface area contributed by atoms with Gasteiger partial charge in [-0.05, 0) is 24.5 Å². The molecule has 6 nitrogen and oxygen atoms in total. The zero-order valence-corrected chi connectivity index (χ0v) is 13.8.